The van der Waals surface area contributed by atoms with Gasteiger partial charge in [0.15, 0.2) is 0 Å². The van der Waals surface area contributed by atoms with Crippen LogP contribution in [0.1, 0.15) is 32.6 Å². The Balaban J connectivity index is 1.71. The lowest BCUT2D eigenvalue weighted by molar-refractivity contribution is -0.384. The molecule has 0 saturated heterocycles. The molecule has 0 unspecified atom stereocenters. The summed E-state index contributed by atoms with van der Waals surface area (Å²) < 4.78 is 0. The molecular weight excluding hydrogens is 468 g/mol. The molecule has 3 rings (SSSR count). The summed E-state index contributed by atoms with van der Waals surface area (Å²) in [6.07, 6.45) is 0. The van der Waals surface area contributed by atoms with Gasteiger partial charge >= 0.3 is 0 Å². The molecule has 3 aromatic rings. The number of benzene rings is 3. The highest BCUT2D eigenvalue weighted by Crippen LogP contribution is 2.28. The van der Waals surface area contributed by atoms with Crippen molar-refractivity contribution >= 4 is 40.5 Å². The Labute approximate surface area is 209 Å². The molecule has 0 radical (unpaired) electrons. The van der Waals surface area contributed by atoms with Crippen molar-refractivity contribution in [1.29, 1.82) is 0 Å². The summed E-state index contributed by atoms with van der Waals surface area (Å²) in [5, 5.41) is 18.1. The van der Waals surface area contributed by atoms with Crippen molar-refractivity contribution in [2.75, 3.05) is 24.2 Å². The molecule has 0 heterocycles. The van der Waals surface area contributed by atoms with Crippen molar-refractivity contribution in [1.82, 2.24) is 4.90 Å². The summed E-state index contributed by atoms with van der Waals surface area (Å²) in [4.78, 5) is 37.8. The Bertz CT molecular complexity index is 1270. The summed E-state index contributed by atoms with van der Waals surface area (Å²) in [5.74, 6) is -0.860. The minimum atomic E-state index is -0.554. The Morgan fingerprint density at radius 1 is 1.03 bits per heavy atom. The Morgan fingerprint density at radius 3 is 2.31 bits per heavy atom. The molecule has 3 aromatic carbocycles. The first-order valence-electron chi connectivity index (χ1n) is 11.0. The number of rotatable bonds is 8. The van der Waals surface area contributed by atoms with Gasteiger partial charge in [-0.1, -0.05) is 47.5 Å². The number of nitrogens with one attached hydrogen (secondary N) is 2. The normalized spacial score (nSPS) is 10.5. The van der Waals surface area contributed by atoms with E-state index in [0.717, 1.165) is 22.3 Å². The molecule has 0 saturated carbocycles. The van der Waals surface area contributed by atoms with E-state index >= 15 is 0 Å². The molecule has 0 aromatic heterocycles. The smallest absolute Gasteiger partial charge is 0.293 e. The van der Waals surface area contributed by atoms with Crippen LogP contribution in [0.4, 0.5) is 17.1 Å². The molecule has 8 nitrogen and oxygen atoms in total. The van der Waals surface area contributed by atoms with Crippen LogP contribution in [0.2, 0.25) is 5.02 Å². The van der Waals surface area contributed by atoms with Gasteiger partial charge in [0.2, 0.25) is 5.91 Å². The molecule has 2 amide bonds. The van der Waals surface area contributed by atoms with Gasteiger partial charge in [0.25, 0.3) is 11.6 Å². The summed E-state index contributed by atoms with van der Waals surface area (Å²) in [5.41, 5.74) is 4.58. The van der Waals surface area contributed by atoms with Gasteiger partial charge in [0.05, 0.1) is 11.5 Å². The third-order valence-corrected chi connectivity index (χ3v) is 5.91. The molecule has 0 spiro atoms. The van der Waals surface area contributed by atoms with E-state index in [-0.39, 0.29) is 35.9 Å². The highest BCUT2D eigenvalue weighted by Gasteiger charge is 2.21. The second-order valence-electron chi connectivity index (χ2n) is 8.42. The maximum Gasteiger partial charge on any atom is 0.293 e. The number of nitrogens with zero attached hydrogens (tertiary/aromatic N) is 2. The maximum absolute atomic E-state index is 12.9. The Morgan fingerprint density at radius 2 is 1.69 bits per heavy atom. The molecule has 0 atom stereocenters. The van der Waals surface area contributed by atoms with E-state index in [1.807, 2.05) is 45.0 Å². The topological polar surface area (TPSA) is 105 Å². The van der Waals surface area contributed by atoms with E-state index in [2.05, 4.69) is 10.6 Å². The van der Waals surface area contributed by atoms with Crippen molar-refractivity contribution in [3.63, 3.8) is 0 Å². The number of amides is 2. The number of carbonyl (C=O) groups is 2. The molecule has 0 aliphatic heterocycles. The third-order valence-electron chi connectivity index (χ3n) is 5.54. The van der Waals surface area contributed by atoms with Gasteiger partial charge in [0, 0.05) is 35.9 Å². The van der Waals surface area contributed by atoms with E-state index in [0.29, 0.717) is 10.7 Å². The zero-order valence-electron chi connectivity index (χ0n) is 20.0. The number of halogens is 1. The van der Waals surface area contributed by atoms with Crippen molar-refractivity contribution in [3.8, 4) is 0 Å². The van der Waals surface area contributed by atoms with E-state index in [1.165, 1.54) is 30.1 Å². The fourth-order valence-corrected chi connectivity index (χ4v) is 4.06. The fourth-order valence-electron chi connectivity index (χ4n) is 3.86. The van der Waals surface area contributed by atoms with Crippen LogP contribution in [0.3, 0.4) is 0 Å². The Hall–Kier alpha value is -3.91. The van der Waals surface area contributed by atoms with Gasteiger partial charge in [-0.15, -0.1) is 0 Å². The van der Waals surface area contributed by atoms with Crippen LogP contribution in [0.15, 0.2) is 54.6 Å². The number of likely N-dealkylation sites (N-methyl/N-ethyl adjacent to an activating group) is 1. The molecule has 182 valence electrons. The quantitative estimate of drug-likeness (QED) is 0.318. The zero-order valence-corrected chi connectivity index (χ0v) is 20.8. The van der Waals surface area contributed by atoms with Crippen LogP contribution in [0.25, 0.3) is 0 Å². The Kier molecular flexibility index (Phi) is 8.09. The fraction of sp³-hybridized carbons (Fsp3) is 0.231. The summed E-state index contributed by atoms with van der Waals surface area (Å²) >= 11 is 6.15. The van der Waals surface area contributed by atoms with Gasteiger partial charge in [-0.25, -0.2) is 0 Å². The first-order chi connectivity index (χ1) is 16.6. The summed E-state index contributed by atoms with van der Waals surface area (Å²) in [6, 6.07) is 15.3. The average molecular weight is 495 g/mol. The molecule has 2 N–H and O–H groups in total. The molecule has 35 heavy (non-hydrogen) atoms. The van der Waals surface area contributed by atoms with Gasteiger partial charge < -0.3 is 15.5 Å². The number of hydrogen-bond donors (Lipinski definition) is 2. The van der Waals surface area contributed by atoms with E-state index in [1.54, 1.807) is 12.1 Å². The van der Waals surface area contributed by atoms with Crippen LogP contribution >= 0.6 is 11.6 Å². The standard InChI is InChI=1S/C26H27ClN4O4/c1-16-11-17(2)25(18(3)12-16)29-24(32)15-30(4)26(33)19-9-10-22(23(13-19)31(34)35)28-14-20-7-5-6-8-21(20)27/h5-13,28H,14-15H2,1-4H3,(H,29,32). The van der Waals surface area contributed by atoms with Gasteiger partial charge in [-0.3, -0.25) is 19.7 Å². The van der Waals surface area contributed by atoms with Crippen LogP contribution < -0.4 is 10.6 Å². The van der Waals surface area contributed by atoms with Crippen molar-refractivity contribution in [2.45, 2.75) is 27.3 Å². The largest absolute Gasteiger partial charge is 0.375 e. The van der Waals surface area contributed by atoms with Crippen molar-refractivity contribution in [3.05, 3.63) is 97.6 Å². The first kappa shape index (κ1) is 25.7. The average Bonchev–Trinajstić information content (AvgIpc) is 2.80. The lowest BCUT2D eigenvalue weighted by Crippen LogP contribution is -2.35. The monoisotopic (exact) mass is 494 g/mol. The maximum atomic E-state index is 12.9. The van der Waals surface area contributed by atoms with Gasteiger partial charge in [-0.2, -0.15) is 0 Å². The number of hydrogen-bond acceptors (Lipinski definition) is 5. The molecule has 9 heteroatoms. The minimum Gasteiger partial charge on any atom is -0.375 e. The van der Waals surface area contributed by atoms with E-state index in [9.17, 15) is 19.7 Å². The van der Waals surface area contributed by atoms with Gasteiger partial charge in [-0.05, 0) is 55.7 Å². The predicted octanol–water partition coefficient (Wildman–Crippen LogP) is 5.50. The molecule has 0 aliphatic carbocycles. The second-order valence-corrected chi connectivity index (χ2v) is 8.82. The van der Waals surface area contributed by atoms with Crippen LogP contribution in [0.5, 0.6) is 0 Å². The zero-order chi connectivity index (χ0) is 25.7. The highest BCUT2D eigenvalue weighted by atomic mass is 35.5. The third kappa shape index (κ3) is 6.36. The summed E-state index contributed by atoms with van der Waals surface area (Å²) in [7, 11) is 1.48. The minimum absolute atomic E-state index is 0.109. The van der Waals surface area contributed by atoms with Crippen molar-refractivity contribution in [2.24, 2.45) is 0 Å². The van der Waals surface area contributed by atoms with Crippen LogP contribution in [-0.2, 0) is 11.3 Å². The van der Waals surface area contributed by atoms with E-state index in [4.69, 9.17) is 11.6 Å². The number of carbonyl (C=O) groups excluding carboxylic acids is 2. The van der Waals surface area contributed by atoms with Crippen LogP contribution in [-0.4, -0.2) is 35.2 Å². The lowest BCUT2D eigenvalue weighted by Gasteiger charge is -2.19. The van der Waals surface area contributed by atoms with Crippen molar-refractivity contribution < 1.29 is 14.5 Å². The number of anilines is 2. The number of nitro benzene ring substituents is 1. The molecule has 0 aliphatic rings. The molecule has 0 fully saturated rings. The summed E-state index contributed by atoms with van der Waals surface area (Å²) in [6.45, 7) is 5.88. The number of nitro groups is 1. The molecule has 0 bridgehead atoms. The van der Waals surface area contributed by atoms with Gasteiger partial charge in [0.1, 0.15) is 5.69 Å². The second kappa shape index (κ2) is 11.0. The highest BCUT2D eigenvalue weighted by molar-refractivity contribution is 6.31. The SMILES string of the molecule is Cc1cc(C)c(NC(=O)CN(C)C(=O)c2ccc(NCc3ccccc3Cl)c([N+](=O)[O-])c2)c(C)c1. The van der Waals surface area contributed by atoms with Crippen LogP contribution in [0, 0.1) is 30.9 Å². The number of aryl methyl sites for hydroxylation is 3. The lowest BCUT2D eigenvalue weighted by atomic mass is 10.1. The molecular formula is C26H27ClN4O4. The van der Waals surface area contributed by atoms with E-state index < -0.39 is 10.8 Å². The first-order valence-corrected chi connectivity index (χ1v) is 11.3. The predicted molar refractivity (Wildman–Crippen MR) is 138 cm³/mol.